The quantitative estimate of drug-likeness (QED) is 0.233. The van der Waals surface area contributed by atoms with Crippen LogP contribution in [0.5, 0.6) is 0 Å². The molecule has 0 aromatic rings. The fourth-order valence-electron chi connectivity index (χ4n) is 2.91. The Morgan fingerprint density at radius 2 is 1.53 bits per heavy atom. The van der Waals surface area contributed by atoms with E-state index in [1.807, 2.05) is 0 Å². The highest BCUT2D eigenvalue weighted by atomic mass is 16.8. The van der Waals surface area contributed by atoms with E-state index in [9.17, 15) is 28.8 Å². The van der Waals surface area contributed by atoms with Crippen LogP contribution in [0, 0.1) is 5.41 Å². The Balaban J connectivity index is 2.63. The van der Waals surface area contributed by atoms with Gasteiger partial charge in [-0.2, -0.15) is 10.1 Å². The Kier molecular flexibility index (Phi) is 11.1. The summed E-state index contributed by atoms with van der Waals surface area (Å²) in [5.74, 6) is -1.64. The molecule has 32 heavy (non-hydrogen) atoms. The molecule has 1 aliphatic rings. The Morgan fingerprint density at radius 3 is 2.09 bits per heavy atom. The van der Waals surface area contributed by atoms with Crippen LogP contribution < -0.4 is 0 Å². The summed E-state index contributed by atoms with van der Waals surface area (Å²) in [7, 11) is 2.55. The lowest BCUT2D eigenvalue weighted by Gasteiger charge is -2.31. The zero-order valence-electron chi connectivity index (χ0n) is 18.6. The number of hydrogen-bond acceptors (Lipinski definition) is 9. The van der Waals surface area contributed by atoms with Crippen molar-refractivity contribution < 1.29 is 43.2 Å². The minimum Gasteiger partial charge on any atom is -0.425 e. The van der Waals surface area contributed by atoms with Gasteiger partial charge in [0.2, 0.25) is 0 Å². The molecular formula is C21H30N2O9. The molecule has 0 aromatic carbocycles. The predicted octanol–water partition coefficient (Wildman–Crippen LogP) is 1.89. The molecule has 0 radical (unpaired) electrons. The van der Waals surface area contributed by atoms with Crippen LogP contribution in [0.4, 0.5) is 4.79 Å². The Labute approximate surface area is 186 Å². The van der Waals surface area contributed by atoms with Crippen molar-refractivity contribution in [2.75, 3.05) is 14.1 Å². The molecule has 1 rings (SSSR count). The second-order valence-electron chi connectivity index (χ2n) is 7.64. The third kappa shape index (κ3) is 8.86. The summed E-state index contributed by atoms with van der Waals surface area (Å²) in [4.78, 5) is 79.0. The number of nitrogens with zero attached hydrogens (tertiary/aromatic N) is 2. The number of amides is 2. The predicted molar refractivity (Wildman–Crippen MR) is 109 cm³/mol. The van der Waals surface area contributed by atoms with Gasteiger partial charge in [-0.05, 0) is 38.7 Å². The molecule has 2 atom stereocenters. The van der Waals surface area contributed by atoms with Gasteiger partial charge in [0, 0.05) is 39.8 Å². The zero-order chi connectivity index (χ0) is 24.1. The van der Waals surface area contributed by atoms with Crippen molar-refractivity contribution >= 4 is 36.5 Å². The van der Waals surface area contributed by atoms with Gasteiger partial charge < -0.3 is 24.0 Å². The summed E-state index contributed by atoms with van der Waals surface area (Å²) in [6, 6.07) is 0. The first-order chi connectivity index (χ1) is 15.1. The van der Waals surface area contributed by atoms with Crippen molar-refractivity contribution in [3.8, 4) is 0 Å². The summed E-state index contributed by atoms with van der Waals surface area (Å²) in [5.41, 5.74) is -0.933. The molecule has 178 valence electrons. The van der Waals surface area contributed by atoms with Crippen LogP contribution in [0.25, 0.3) is 0 Å². The summed E-state index contributed by atoms with van der Waals surface area (Å²) >= 11 is 0. The summed E-state index contributed by atoms with van der Waals surface area (Å²) in [6.45, 7) is 1.70. The van der Waals surface area contributed by atoms with Gasteiger partial charge in [0.05, 0.1) is 5.41 Å². The fourth-order valence-corrected chi connectivity index (χ4v) is 2.91. The molecule has 0 fully saturated rings. The minimum atomic E-state index is -1.09. The molecule has 1 aliphatic carbocycles. The largest absolute Gasteiger partial charge is 0.534 e. The molecule has 2 amide bonds. The van der Waals surface area contributed by atoms with Gasteiger partial charge in [-0.3, -0.25) is 9.59 Å². The molecule has 11 nitrogen and oxygen atoms in total. The van der Waals surface area contributed by atoms with Gasteiger partial charge in [-0.1, -0.05) is 6.08 Å². The number of carbonyl (C=O) groups excluding carboxylic acids is 6. The van der Waals surface area contributed by atoms with Crippen LogP contribution in [-0.4, -0.2) is 66.8 Å². The van der Waals surface area contributed by atoms with Crippen LogP contribution in [0.2, 0.25) is 0 Å². The highest BCUT2D eigenvalue weighted by molar-refractivity contribution is 5.81. The van der Waals surface area contributed by atoms with E-state index in [-0.39, 0.29) is 32.1 Å². The second kappa shape index (κ2) is 13.2. The Bertz CT molecular complexity index is 737. The van der Waals surface area contributed by atoms with Crippen molar-refractivity contribution in [2.45, 2.75) is 64.4 Å². The van der Waals surface area contributed by atoms with Crippen molar-refractivity contribution in [3.05, 3.63) is 12.2 Å². The first kappa shape index (κ1) is 26.8. The van der Waals surface area contributed by atoms with Crippen LogP contribution in [-0.2, 0) is 38.4 Å². The van der Waals surface area contributed by atoms with E-state index in [0.29, 0.717) is 36.9 Å². The Hall–Kier alpha value is -3.24. The highest BCUT2D eigenvalue weighted by Crippen LogP contribution is 2.34. The normalized spacial score (nSPS) is 21.2. The van der Waals surface area contributed by atoms with Crippen molar-refractivity contribution in [1.82, 2.24) is 10.1 Å². The van der Waals surface area contributed by atoms with Gasteiger partial charge in [0.25, 0.3) is 11.8 Å². The lowest BCUT2D eigenvalue weighted by molar-refractivity contribution is -0.202. The monoisotopic (exact) mass is 454 g/mol. The summed E-state index contributed by atoms with van der Waals surface area (Å²) < 4.78 is 5.23. The van der Waals surface area contributed by atoms with Crippen molar-refractivity contribution in [1.29, 1.82) is 0 Å². The van der Waals surface area contributed by atoms with Crippen LogP contribution in [0.15, 0.2) is 12.2 Å². The van der Waals surface area contributed by atoms with E-state index < -0.39 is 35.5 Å². The first-order valence-electron chi connectivity index (χ1n) is 10.3. The van der Waals surface area contributed by atoms with E-state index in [4.69, 9.17) is 14.4 Å². The fraction of sp³-hybridized carbons (Fsp3) is 0.619. The van der Waals surface area contributed by atoms with Crippen LogP contribution in [0.1, 0.15) is 58.3 Å². The third-order valence-electron chi connectivity index (χ3n) is 5.02. The standard InChI is InChI=1S/C21H30N2O9/c1-21(19(28)31-22(2)17(26)9-6-14-24)12-5-4-8-16(11-13-21)30-20(29)32-23(3)18(27)10-7-15-25/h4,8,14-16H,5-7,9-13H2,1-3H3/b8-4+/t16?,21-/m0/s1. The van der Waals surface area contributed by atoms with Gasteiger partial charge in [-0.25, -0.2) is 9.59 Å². The molecule has 1 unspecified atom stereocenters. The molecule has 0 heterocycles. The number of carbonyl (C=O) groups is 6. The van der Waals surface area contributed by atoms with E-state index in [2.05, 4.69) is 0 Å². The van der Waals surface area contributed by atoms with E-state index in [1.54, 1.807) is 19.1 Å². The van der Waals surface area contributed by atoms with Gasteiger partial charge >= 0.3 is 12.1 Å². The van der Waals surface area contributed by atoms with Crippen molar-refractivity contribution in [3.63, 3.8) is 0 Å². The number of hydroxylamine groups is 4. The molecule has 0 saturated carbocycles. The average molecular weight is 454 g/mol. The maximum absolute atomic E-state index is 12.7. The molecule has 0 saturated heterocycles. The van der Waals surface area contributed by atoms with Gasteiger partial charge in [0.15, 0.2) is 0 Å². The van der Waals surface area contributed by atoms with Gasteiger partial charge in [0.1, 0.15) is 18.7 Å². The SMILES string of the molecule is CN(OC(=O)OC1/C=C/CC[C@](C)(C(=O)ON(C)C(=O)CCC=O)CC1)C(=O)CCC=O. The average Bonchev–Trinajstić information content (AvgIpc) is 2.74. The molecule has 11 heteroatoms. The first-order valence-corrected chi connectivity index (χ1v) is 10.3. The molecule has 0 aliphatic heterocycles. The molecule has 0 aromatic heterocycles. The van der Waals surface area contributed by atoms with Crippen LogP contribution >= 0.6 is 0 Å². The number of allylic oxidation sites excluding steroid dienone is 1. The number of aldehydes is 2. The topological polar surface area (TPSA) is 137 Å². The van der Waals surface area contributed by atoms with E-state index in [0.717, 1.165) is 5.06 Å². The van der Waals surface area contributed by atoms with Crippen LogP contribution in [0.3, 0.4) is 0 Å². The number of rotatable bonds is 8. The van der Waals surface area contributed by atoms with Gasteiger partial charge in [-0.15, -0.1) is 0 Å². The summed E-state index contributed by atoms with van der Waals surface area (Å²) in [5, 5.41) is 1.53. The zero-order valence-corrected chi connectivity index (χ0v) is 18.6. The van der Waals surface area contributed by atoms with E-state index >= 15 is 0 Å². The number of ether oxygens (including phenoxy) is 1. The lowest BCUT2D eigenvalue weighted by Crippen LogP contribution is -2.38. The molecule has 0 spiro atoms. The molecular weight excluding hydrogens is 424 g/mol. The van der Waals surface area contributed by atoms with Crippen molar-refractivity contribution in [2.24, 2.45) is 5.41 Å². The second-order valence-corrected chi connectivity index (χ2v) is 7.64. The maximum atomic E-state index is 12.7. The highest BCUT2D eigenvalue weighted by Gasteiger charge is 2.37. The van der Waals surface area contributed by atoms with E-state index in [1.165, 1.54) is 14.1 Å². The smallest absolute Gasteiger partial charge is 0.425 e. The summed E-state index contributed by atoms with van der Waals surface area (Å²) in [6.07, 6.45) is 4.31. The number of hydrogen-bond donors (Lipinski definition) is 0. The lowest BCUT2D eigenvalue weighted by atomic mass is 9.79. The maximum Gasteiger partial charge on any atom is 0.534 e. The molecule has 0 bridgehead atoms. The Morgan fingerprint density at radius 1 is 0.969 bits per heavy atom. The minimum absolute atomic E-state index is 0.0134. The third-order valence-corrected chi connectivity index (χ3v) is 5.02. The molecule has 0 N–H and O–H groups in total.